The van der Waals surface area contributed by atoms with E-state index in [-0.39, 0.29) is 23.4 Å². The second-order valence-corrected chi connectivity index (χ2v) is 6.40. The molecule has 1 amide bonds. The van der Waals surface area contributed by atoms with Gasteiger partial charge in [0.2, 0.25) is 0 Å². The summed E-state index contributed by atoms with van der Waals surface area (Å²) in [6.07, 6.45) is 2.65. The third-order valence-corrected chi connectivity index (χ3v) is 4.68. The fourth-order valence-electron chi connectivity index (χ4n) is 3.11. The standard InChI is InChI=1S/C18H28N4O4/c1-2-26-18(24)15-3-6-22(7-4-15)17(23)16(13-19)14-20-5-8-21-9-11-25-12-10-21/h14-15,20H,2-12H2,1H3/b16-14-. The Labute approximate surface area is 154 Å². The van der Waals surface area contributed by atoms with Crippen molar-refractivity contribution in [3.63, 3.8) is 0 Å². The Bertz CT molecular complexity index is 544. The van der Waals surface area contributed by atoms with Crippen LogP contribution in [0.25, 0.3) is 0 Å². The zero-order valence-corrected chi connectivity index (χ0v) is 15.4. The van der Waals surface area contributed by atoms with Gasteiger partial charge in [0.05, 0.1) is 25.7 Å². The van der Waals surface area contributed by atoms with Crippen LogP contribution < -0.4 is 5.32 Å². The molecule has 0 bridgehead atoms. The van der Waals surface area contributed by atoms with Gasteiger partial charge < -0.3 is 19.7 Å². The first kappa shape index (κ1) is 20.2. The third kappa shape index (κ3) is 6.00. The smallest absolute Gasteiger partial charge is 0.309 e. The van der Waals surface area contributed by atoms with Gasteiger partial charge in [0.15, 0.2) is 0 Å². The fourth-order valence-corrected chi connectivity index (χ4v) is 3.11. The lowest BCUT2D eigenvalue weighted by Gasteiger charge is -2.30. The van der Waals surface area contributed by atoms with Crippen molar-refractivity contribution in [2.24, 2.45) is 5.92 Å². The Kier molecular flexibility index (Phi) is 8.38. The van der Waals surface area contributed by atoms with E-state index in [4.69, 9.17) is 9.47 Å². The highest BCUT2D eigenvalue weighted by Gasteiger charge is 2.29. The van der Waals surface area contributed by atoms with E-state index in [0.717, 1.165) is 32.8 Å². The van der Waals surface area contributed by atoms with E-state index in [2.05, 4.69) is 10.2 Å². The van der Waals surface area contributed by atoms with Crippen LogP contribution in [0.4, 0.5) is 0 Å². The summed E-state index contributed by atoms with van der Waals surface area (Å²) in [5.74, 6) is -0.630. The minimum atomic E-state index is -0.284. The fraction of sp³-hybridized carbons (Fsp3) is 0.722. The number of likely N-dealkylation sites (tertiary alicyclic amines) is 1. The van der Waals surface area contributed by atoms with Gasteiger partial charge in [0, 0.05) is 45.5 Å². The number of carbonyl (C=O) groups is 2. The molecule has 1 N–H and O–H groups in total. The second kappa shape index (κ2) is 10.8. The second-order valence-electron chi connectivity index (χ2n) is 6.40. The summed E-state index contributed by atoms with van der Waals surface area (Å²) in [4.78, 5) is 28.1. The van der Waals surface area contributed by atoms with Crippen molar-refractivity contribution in [3.8, 4) is 6.07 Å². The van der Waals surface area contributed by atoms with E-state index >= 15 is 0 Å². The number of amides is 1. The monoisotopic (exact) mass is 364 g/mol. The highest BCUT2D eigenvalue weighted by atomic mass is 16.5. The number of rotatable bonds is 7. The van der Waals surface area contributed by atoms with E-state index in [1.807, 2.05) is 6.07 Å². The van der Waals surface area contributed by atoms with E-state index < -0.39 is 0 Å². The van der Waals surface area contributed by atoms with Crippen LogP contribution in [-0.4, -0.2) is 80.8 Å². The number of nitriles is 1. The summed E-state index contributed by atoms with van der Waals surface area (Å²) < 4.78 is 10.3. The molecule has 2 saturated heterocycles. The summed E-state index contributed by atoms with van der Waals surface area (Å²) in [5.41, 5.74) is 0.0987. The van der Waals surface area contributed by atoms with Crippen molar-refractivity contribution >= 4 is 11.9 Å². The third-order valence-electron chi connectivity index (χ3n) is 4.68. The topological polar surface area (TPSA) is 94.9 Å². The summed E-state index contributed by atoms with van der Waals surface area (Å²) >= 11 is 0. The maximum absolute atomic E-state index is 12.5. The van der Waals surface area contributed by atoms with Gasteiger partial charge in [0.25, 0.3) is 5.91 Å². The highest BCUT2D eigenvalue weighted by molar-refractivity contribution is 5.97. The molecule has 0 saturated carbocycles. The largest absolute Gasteiger partial charge is 0.466 e. The number of carbonyl (C=O) groups excluding carboxylic acids is 2. The normalized spacial score (nSPS) is 19.7. The molecule has 0 aromatic carbocycles. The molecule has 0 aliphatic carbocycles. The van der Waals surface area contributed by atoms with Gasteiger partial charge in [-0.25, -0.2) is 0 Å². The lowest BCUT2D eigenvalue weighted by molar-refractivity contribution is -0.150. The summed E-state index contributed by atoms with van der Waals surface area (Å²) in [7, 11) is 0. The number of esters is 1. The minimum absolute atomic E-state index is 0.0987. The number of piperidine rings is 1. The zero-order chi connectivity index (χ0) is 18.8. The molecule has 2 aliphatic rings. The molecule has 8 heteroatoms. The summed E-state index contributed by atoms with van der Waals surface area (Å²) in [5, 5.41) is 12.3. The Hall–Kier alpha value is -2.11. The van der Waals surface area contributed by atoms with Crippen LogP contribution in [0.5, 0.6) is 0 Å². The number of ether oxygens (including phenoxy) is 2. The average molecular weight is 364 g/mol. The van der Waals surface area contributed by atoms with Gasteiger partial charge in [-0.15, -0.1) is 0 Å². The maximum Gasteiger partial charge on any atom is 0.309 e. The van der Waals surface area contributed by atoms with Crippen LogP contribution in [0.3, 0.4) is 0 Å². The molecule has 0 aromatic rings. The summed E-state index contributed by atoms with van der Waals surface area (Å²) in [6.45, 7) is 7.92. The van der Waals surface area contributed by atoms with E-state index in [0.29, 0.717) is 39.1 Å². The minimum Gasteiger partial charge on any atom is -0.466 e. The van der Waals surface area contributed by atoms with Gasteiger partial charge in [-0.05, 0) is 19.8 Å². The average Bonchev–Trinajstić information content (AvgIpc) is 2.69. The molecule has 0 spiro atoms. The van der Waals surface area contributed by atoms with Crippen molar-refractivity contribution in [3.05, 3.63) is 11.8 Å². The number of hydrogen-bond acceptors (Lipinski definition) is 7. The van der Waals surface area contributed by atoms with E-state index in [1.165, 1.54) is 6.20 Å². The number of hydrogen-bond donors (Lipinski definition) is 1. The summed E-state index contributed by atoms with van der Waals surface area (Å²) in [6, 6.07) is 1.97. The molecule has 8 nitrogen and oxygen atoms in total. The van der Waals surface area contributed by atoms with Gasteiger partial charge >= 0.3 is 5.97 Å². The van der Waals surface area contributed by atoms with Crippen LogP contribution in [-0.2, 0) is 19.1 Å². The van der Waals surface area contributed by atoms with Crippen LogP contribution in [0.2, 0.25) is 0 Å². The molecule has 0 unspecified atom stereocenters. The van der Waals surface area contributed by atoms with Crippen LogP contribution in [0.1, 0.15) is 19.8 Å². The Balaban J connectivity index is 1.75. The molecular weight excluding hydrogens is 336 g/mol. The molecule has 0 atom stereocenters. The Morgan fingerprint density at radius 2 is 1.96 bits per heavy atom. The van der Waals surface area contributed by atoms with Crippen molar-refractivity contribution in [1.29, 1.82) is 5.26 Å². The van der Waals surface area contributed by atoms with Crippen LogP contribution in [0, 0.1) is 17.2 Å². The molecule has 0 aromatic heterocycles. The molecule has 2 fully saturated rings. The highest BCUT2D eigenvalue weighted by Crippen LogP contribution is 2.19. The van der Waals surface area contributed by atoms with Crippen molar-refractivity contribution in [1.82, 2.24) is 15.1 Å². The van der Waals surface area contributed by atoms with Crippen LogP contribution in [0.15, 0.2) is 11.8 Å². The molecular formula is C18H28N4O4. The van der Waals surface area contributed by atoms with Crippen molar-refractivity contribution < 1.29 is 19.1 Å². The Morgan fingerprint density at radius 3 is 2.58 bits per heavy atom. The van der Waals surface area contributed by atoms with Gasteiger partial charge in [0.1, 0.15) is 11.6 Å². The number of nitrogens with zero attached hydrogens (tertiary/aromatic N) is 3. The van der Waals surface area contributed by atoms with Gasteiger partial charge in [-0.1, -0.05) is 0 Å². The van der Waals surface area contributed by atoms with Crippen LogP contribution >= 0.6 is 0 Å². The first-order chi connectivity index (χ1) is 12.7. The van der Waals surface area contributed by atoms with E-state index in [1.54, 1.807) is 11.8 Å². The van der Waals surface area contributed by atoms with Crippen molar-refractivity contribution in [2.75, 3.05) is 59.1 Å². The number of morpholine rings is 1. The number of nitrogens with one attached hydrogen (secondary N) is 1. The first-order valence-electron chi connectivity index (χ1n) is 9.25. The molecule has 26 heavy (non-hydrogen) atoms. The van der Waals surface area contributed by atoms with Gasteiger partial charge in [-0.2, -0.15) is 5.26 Å². The molecule has 2 heterocycles. The lowest BCUT2D eigenvalue weighted by Crippen LogP contribution is -2.41. The zero-order valence-electron chi connectivity index (χ0n) is 15.4. The van der Waals surface area contributed by atoms with Gasteiger partial charge in [-0.3, -0.25) is 14.5 Å². The molecule has 2 rings (SSSR count). The lowest BCUT2D eigenvalue weighted by atomic mass is 9.96. The van der Waals surface area contributed by atoms with E-state index in [9.17, 15) is 14.9 Å². The predicted molar refractivity (Wildman–Crippen MR) is 94.9 cm³/mol. The first-order valence-corrected chi connectivity index (χ1v) is 9.25. The molecule has 2 aliphatic heterocycles. The predicted octanol–water partition coefficient (Wildman–Crippen LogP) is 0.117. The molecule has 144 valence electrons. The maximum atomic E-state index is 12.5. The quantitative estimate of drug-likeness (QED) is 0.297. The molecule has 0 radical (unpaired) electrons. The van der Waals surface area contributed by atoms with Crippen molar-refractivity contribution in [2.45, 2.75) is 19.8 Å². The SMILES string of the molecule is CCOC(=O)C1CCN(C(=O)/C(C#N)=C\NCCN2CCOCC2)CC1. The Morgan fingerprint density at radius 1 is 1.27 bits per heavy atom.